The highest BCUT2D eigenvalue weighted by Gasteiger charge is 2.26. The number of pyridine rings is 1. The van der Waals surface area contributed by atoms with Gasteiger partial charge in [-0.3, -0.25) is 14.9 Å². The SMILES string of the molecule is Cc1nc(N(CC(=O)O)CC2CC2)ccc1[N+](=O)[O-]. The predicted octanol–water partition coefficient (Wildman–Crippen LogP) is 1.60. The molecule has 0 aliphatic heterocycles. The van der Waals surface area contributed by atoms with Gasteiger partial charge in [0, 0.05) is 12.6 Å². The van der Waals surface area contributed by atoms with Crippen molar-refractivity contribution in [1.29, 1.82) is 0 Å². The molecule has 1 aromatic rings. The van der Waals surface area contributed by atoms with E-state index in [4.69, 9.17) is 5.11 Å². The number of rotatable bonds is 6. The lowest BCUT2D eigenvalue weighted by Crippen LogP contribution is -2.32. The molecule has 0 bridgehead atoms. The fraction of sp³-hybridized carbons (Fsp3) is 0.500. The van der Waals surface area contributed by atoms with Crippen LogP contribution in [0, 0.1) is 23.0 Å². The van der Waals surface area contributed by atoms with Gasteiger partial charge in [-0.15, -0.1) is 0 Å². The van der Waals surface area contributed by atoms with Gasteiger partial charge in [-0.2, -0.15) is 0 Å². The van der Waals surface area contributed by atoms with Crippen molar-refractivity contribution in [3.05, 3.63) is 27.9 Å². The Bertz CT molecular complexity index is 514. The summed E-state index contributed by atoms with van der Waals surface area (Å²) in [5, 5.41) is 19.6. The van der Waals surface area contributed by atoms with Gasteiger partial charge in [-0.25, -0.2) is 4.98 Å². The Hall–Kier alpha value is -2.18. The van der Waals surface area contributed by atoms with Gasteiger partial charge in [0.1, 0.15) is 18.1 Å². The van der Waals surface area contributed by atoms with Crippen molar-refractivity contribution in [3.8, 4) is 0 Å². The molecule has 0 saturated heterocycles. The molecule has 1 heterocycles. The zero-order chi connectivity index (χ0) is 14.0. The maximum atomic E-state index is 10.9. The van der Waals surface area contributed by atoms with Crippen LogP contribution in [-0.4, -0.2) is 34.1 Å². The number of carboxylic acids is 1. The standard InChI is InChI=1S/C12H15N3O4/c1-8-10(15(18)19)4-5-11(13-8)14(7-12(16)17)6-9-2-3-9/h4-5,9H,2-3,6-7H2,1H3,(H,16,17). The van der Waals surface area contributed by atoms with Crippen LogP contribution in [0.4, 0.5) is 11.5 Å². The number of hydrogen-bond donors (Lipinski definition) is 1. The molecule has 1 N–H and O–H groups in total. The quantitative estimate of drug-likeness (QED) is 0.619. The van der Waals surface area contributed by atoms with Crippen LogP contribution >= 0.6 is 0 Å². The molecule has 102 valence electrons. The number of carbonyl (C=O) groups is 1. The van der Waals surface area contributed by atoms with Gasteiger partial charge in [0.05, 0.1) is 4.92 Å². The largest absolute Gasteiger partial charge is 0.480 e. The molecule has 1 aromatic heterocycles. The first-order valence-corrected chi connectivity index (χ1v) is 6.06. The van der Waals surface area contributed by atoms with E-state index in [-0.39, 0.29) is 12.2 Å². The van der Waals surface area contributed by atoms with E-state index in [0.717, 1.165) is 12.8 Å². The molecule has 19 heavy (non-hydrogen) atoms. The average molecular weight is 265 g/mol. The zero-order valence-corrected chi connectivity index (χ0v) is 10.6. The molecule has 1 fully saturated rings. The molecular formula is C12H15N3O4. The van der Waals surface area contributed by atoms with Gasteiger partial charge < -0.3 is 10.0 Å². The van der Waals surface area contributed by atoms with Crippen molar-refractivity contribution in [3.63, 3.8) is 0 Å². The van der Waals surface area contributed by atoms with Gasteiger partial charge in [-0.1, -0.05) is 0 Å². The Balaban J connectivity index is 2.22. The first kappa shape index (κ1) is 13.3. The second kappa shape index (κ2) is 5.21. The van der Waals surface area contributed by atoms with Gasteiger partial charge >= 0.3 is 5.97 Å². The summed E-state index contributed by atoms with van der Waals surface area (Å²) in [6.45, 7) is 2.05. The van der Waals surface area contributed by atoms with E-state index < -0.39 is 10.9 Å². The highest BCUT2D eigenvalue weighted by atomic mass is 16.6. The van der Waals surface area contributed by atoms with Crippen molar-refractivity contribution in [1.82, 2.24) is 4.98 Å². The molecule has 0 amide bonds. The van der Waals surface area contributed by atoms with Crippen molar-refractivity contribution < 1.29 is 14.8 Å². The molecule has 7 nitrogen and oxygen atoms in total. The number of aromatic nitrogens is 1. The summed E-state index contributed by atoms with van der Waals surface area (Å²) in [4.78, 5) is 26.9. The third kappa shape index (κ3) is 3.40. The maximum Gasteiger partial charge on any atom is 0.323 e. The summed E-state index contributed by atoms with van der Waals surface area (Å²) in [7, 11) is 0. The second-order valence-corrected chi connectivity index (χ2v) is 4.75. The van der Waals surface area contributed by atoms with Crippen LogP contribution in [0.2, 0.25) is 0 Å². The minimum absolute atomic E-state index is 0.0505. The number of nitro groups is 1. The van der Waals surface area contributed by atoms with Crippen LogP contribution < -0.4 is 4.90 Å². The summed E-state index contributed by atoms with van der Waals surface area (Å²) in [5.74, 6) is 0.0625. The molecule has 2 rings (SSSR count). The molecular weight excluding hydrogens is 250 g/mol. The van der Waals surface area contributed by atoms with E-state index in [9.17, 15) is 14.9 Å². The maximum absolute atomic E-state index is 10.9. The van der Waals surface area contributed by atoms with Gasteiger partial charge in [0.25, 0.3) is 5.69 Å². The average Bonchev–Trinajstić information content (AvgIpc) is 3.10. The number of carboxylic acid groups (broad SMARTS) is 1. The van der Waals surface area contributed by atoms with Crippen LogP contribution in [0.15, 0.2) is 12.1 Å². The van der Waals surface area contributed by atoms with E-state index in [2.05, 4.69) is 4.98 Å². The molecule has 0 aromatic carbocycles. The molecule has 7 heteroatoms. The first-order valence-electron chi connectivity index (χ1n) is 6.06. The smallest absolute Gasteiger partial charge is 0.323 e. The number of nitrogens with zero attached hydrogens (tertiary/aromatic N) is 3. The van der Waals surface area contributed by atoms with E-state index in [1.807, 2.05) is 0 Å². The third-order valence-electron chi connectivity index (χ3n) is 3.07. The molecule has 1 aliphatic carbocycles. The van der Waals surface area contributed by atoms with Crippen LogP contribution in [0.5, 0.6) is 0 Å². The van der Waals surface area contributed by atoms with E-state index in [1.54, 1.807) is 11.8 Å². The summed E-state index contributed by atoms with van der Waals surface area (Å²) >= 11 is 0. The highest BCUT2D eigenvalue weighted by molar-refractivity contribution is 5.73. The van der Waals surface area contributed by atoms with Crippen LogP contribution in [0.3, 0.4) is 0 Å². The fourth-order valence-corrected chi connectivity index (χ4v) is 1.92. The lowest BCUT2D eigenvalue weighted by molar-refractivity contribution is -0.385. The lowest BCUT2D eigenvalue weighted by atomic mass is 10.3. The lowest BCUT2D eigenvalue weighted by Gasteiger charge is -2.21. The molecule has 1 saturated carbocycles. The second-order valence-electron chi connectivity index (χ2n) is 4.75. The van der Waals surface area contributed by atoms with E-state index in [0.29, 0.717) is 24.0 Å². The topological polar surface area (TPSA) is 96.6 Å². The normalized spacial score (nSPS) is 14.2. The summed E-state index contributed by atoms with van der Waals surface area (Å²) in [6, 6.07) is 2.88. The summed E-state index contributed by atoms with van der Waals surface area (Å²) in [5.41, 5.74) is 0.249. The first-order chi connectivity index (χ1) is 8.97. The minimum Gasteiger partial charge on any atom is -0.480 e. The summed E-state index contributed by atoms with van der Waals surface area (Å²) in [6.07, 6.45) is 2.20. The monoisotopic (exact) mass is 265 g/mol. The summed E-state index contributed by atoms with van der Waals surface area (Å²) < 4.78 is 0. The number of anilines is 1. The number of aryl methyl sites for hydroxylation is 1. The van der Waals surface area contributed by atoms with Gasteiger partial charge in [-0.05, 0) is 31.7 Å². The zero-order valence-electron chi connectivity index (χ0n) is 10.6. The Labute approximate surface area is 110 Å². The highest BCUT2D eigenvalue weighted by Crippen LogP contribution is 2.31. The van der Waals surface area contributed by atoms with E-state index >= 15 is 0 Å². The minimum atomic E-state index is -0.932. The molecule has 0 unspecified atom stereocenters. The predicted molar refractivity (Wildman–Crippen MR) is 68.2 cm³/mol. The number of hydrogen-bond acceptors (Lipinski definition) is 5. The van der Waals surface area contributed by atoms with Crippen LogP contribution in [0.1, 0.15) is 18.5 Å². The Morgan fingerprint density at radius 3 is 2.74 bits per heavy atom. The van der Waals surface area contributed by atoms with Crippen molar-refractivity contribution in [2.45, 2.75) is 19.8 Å². The Morgan fingerprint density at radius 1 is 1.58 bits per heavy atom. The molecule has 1 aliphatic rings. The van der Waals surface area contributed by atoms with Crippen LogP contribution in [0.25, 0.3) is 0 Å². The van der Waals surface area contributed by atoms with Gasteiger partial charge in [0.2, 0.25) is 0 Å². The molecule has 0 atom stereocenters. The Kier molecular flexibility index (Phi) is 3.64. The molecule has 0 spiro atoms. The van der Waals surface area contributed by atoms with E-state index in [1.165, 1.54) is 12.1 Å². The number of aliphatic carboxylic acids is 1. The van der Waals surface area contributed by atoms with Crippen molar-refractivity contribution in [2.75, 3.05) is 18.0 Å². The fourth-order valence-electron chi connectivity index (χ4n) is 1.92. The van der Waals surface area contributed by atoms with Crippen molar-refractivity contribution in [2.24, 2.45) is 5.92 Å². The van der Waals surface area contributed by atoms with Gasteiger partial charge in [0.15, 0.2) is 0 Å². The Morgan fingerprint density at radius 2 is 2.26 bits per heavy atom. The molecule has 0 radical (unpaired) electrons. The van der Waals surface area contributed by atoms with Crippen molar-refractivity contribution >= 4 is 17.5 Å². The van der Waals surface area contributed by atoms with Crippen LogP contribution in [-0.2, 0) is 4.79 Å². The third-order valence-corrected chi connectivity index (χ3v) is 3.07.